The Balaban J connectivity index is 1.70. The van der Waals surface area contributed by atoms with Gasteiger partial charge >= 0.3 is 0 Å². The minimum atomic E-state index is 0.0342. The summed E-state index contributed by atoms with van der Waals surface area (Å²) in [6.45, 7) is 5.80. The van der Waals surface area contributed by atoms with Gasteiger partial charge in [0.1, 0.15) is 5.82 Å². The van der Waals surface area contributed by atoms with Crippen molar-refractivity contribution in [2.45, 2.75) is 31.8 Å². The zero-order valence-electron chi connectivity index (χ0n) is 14.2. The molecule has 0 fully saturated rings. The highest BCUT2D eigenvalue weighted by atomic mass is 32.2. The summed E-state index contributed by atoms with van der Waals surface area (Å²) >= 11 is 1.59. The number of para-hydroxylation sites is 1. The molecule has 0 radical (unpaired) electrons. The van der Waals surface area contributed by atoms with Crippen LogP contribution in [0.5, 0.6) is 0 Å². The third-order valence-corrected chi connectivity index (χ3v) is 4.57. The van der Waals surface area contributed by atoms with Gasteiger partial charge < -0.3 is 15.6 Å². The predicted molar refractivity (Wildman–Crippen MR) is 97.4 cm³/mol. The van der Waals surface area contributed by atoms with Gasteiger partial charge in [0.05, 0.1) is 11.0 Å². The maximum absolute atomic E-state index is 5.82. The fourth-order valence-electron chi connectivity index (χ4n) is 2.14. The topological polar surface area (TPSA) is 116 Å². The third kappa shape index (κ3) is 4.44. The average molecular weight is 357 g/mol. The molecule has 8 nitrogen and oxygen atoms in total. The second kappa shape index (κ2) is 7.47. The van der Waals surface area contributed by atoms with E-state index in [-0.39, 0.29) is 11.2 Å². The lowest BCUT2D eigenvalue weighted by atomic mass is 10.2. The van der Waals surface area contributed by atoms with Crippen LogP contribution in [-0.4, -0.2) is 25.1 Å². The molecule has 0 saturated heterocycles. The predicted octanol–water partition coefficient (Wildman–Crippen LogP) is 3.19. The Kier molecular flexibility index (Phi) is 5.13. The number of rotatable bonds is 6. The largest absolute Gasteiger partial charge is 0.368 e. The molecule has 0 unspecified atom stereocenters. The van der Waals surface area contributed by atoms with Gasteiger partial charge in [-0.1, -0.05) is 23.4 Å². The molecule has 3 rings (SSSR count). The van der Waals surface area contributed by atoms with Crippen molar-refractivity contribution in [3.8, 4) is 0 Å². The van der Waals surface area contributed by atoms with Crippen LogP contribution in [-0.2, 0) is 5.75 Å². The molecule has 0 amide bonds. The Morgan fingerprint density at radius 2 is 1.96 bits per heavy atom. The molecule has 3 N–H and O–H groups in total. The normalized spacial score (nSPS) is 12.1. The van der Waals surface area contributed by atoms with Crippen LogP contribution in [0.4, 0.5) is 17.6 Å². The van der Waals surface area contributed by atoms with Crippen molar-refractivity contribution < 1.29 is 4.52 Å². The maximum Gasteiger partial charge on any atom is 0.239 e. The van der Waals surface area contributed by atoms with Crippen LogP contribution in [0.1, 0.15) is 35.3 Å². The molecule has 3 aromatic rings. The fraction of sp³-hybridized carbons (Fsp3) is 0.312. The summed E-state index contributed by atoms with van der Waals surface area (Å²) in [5.41, 5.74) is 7.85. The number of nitrogen functional groups attached to an aromatic ring is 1. The number of benzene rings is 1. The summed E-state index contributed by atoms with van der Waals surface area (Å²) in [5, 5.41) is 7.02. The van der Waals surface area contributed by atoms with Crippen molar-refractivity contribution in [3.05, 3.63) is 47.4 Å². The van der Waals surface area contributed by atoms with Gasteiger partial charge in [-0.3, -0.25) is 0 Å². The van der Waals surface area contributed by atoms with Crippen molar-refractivity contribution >= 4 is 29.3 Å². The van der Waals surface area contributed by atoms with Crippen molar-refractivity contribution in [1.82, 2.24) is 25.1 Å². The van der Waals surface area contributed by atoms with Crippen LogP contribution in [0, 0.1) is 13.8 Å². The molecule has 2 heterocycles. The lowest BCUT2D eigenvalue weighted by Gasteiger charge is -2.10. The first-order valence-electron chi connectivity index (χ1n) is 7.76. The highest BCUT2D eigenvalue weighted by molar-refractivity contribution is 7.98. The van der Waals surface area contributed by atoms with Crippen LogP contribution in [0.25, 0.3) is 0 Å². The first kappa shape index (κ1) is 17.2. The number of hydrogen-bond acceptors (Lipinski definition) is 9. The Morgan fingerprint density at radius 3 is 2.68 bits per heavy atom. The Bertz CT molecular complexity index is 867. The number of nitrogens with two attached hydrogens (primary N) is 1. The highest BCUT2D eigenvalue weighted by Crippen LogP contribution is 2.29. The summed E-state index contributed by atoms with van der Waals surface area (Å²) < 4.78 is 5.18. The number of nitrogens with zero attached hydrogens (tertiary/aromatic N) is 5. The SMILES string of the molecule is Cc1noc([C@@H](C)SCc2nc(N)nc(Nc3ccccc3C)n2)n1. The molecule has 2 aromatic heterocycles. The van der Waals surface area contributed by atoms with Crippen LogP contribution >= 0.6 is 11.8 Å². The zero-order chi connectivity index (χ0) is 17.8. The Morgan fingerprint density at radius 1 is 1.16 bits per heavy atom. The van der Waals surface area contributed by atoms with Crippen LogP contribution in [0.3, 0.4) is 0 Å². The number of thioether (sulfide) groups is 1. The van der Waals surface area contributed by atoms with Crippen LogP contribution in [0.2, 0.25) is 0 Å². The molecule has 0 spiro atoms. The van der Waals surface area contributed by atoms with E-state index in [0.29, 0.717) is 29.2 Å². The van der Waals surface area contributed by atoms with Crippen molar-refractivity contribution in [1.29, 1.82) is 0 Å². The number of aromatic nitrogens is 5. The molecule has 0 aliphatic carbocycles. The summed E-state index contributed by atoms with van der Waals surface area (Å²) in [6.07, 6.45) is 0. The van der Waals surface area contributed by atoms with E-state index in [4.69, 9.17) is 10.3 Å². The summed E-state index contributed by atoms with van der Waals surface area (Å²) in [7, 11) is 0. The number of anilines is 3. The minimum Gasteiger partial charge on any atom is -0.368 e. The third-order valence-electron chi connectivity index (χ3n) is 3.44. The summed E-state index contributed by atoms with van der Waals surface area (Å²) in [4.78, 5) is 17.0. The molecular formula is C16H19N7OS. The van der Waals surface area contributed by atoms with E-state index in [1.54, 1.807) is 18.7 Å². The van der Waals surface area contributed by atoms with E-state index in [1.165, 1.54) is 0 Å². The number of hydrogen-bond donors (Lipinski definition) is 2. The molecule has 1 aromatic carbocycles. The van der Waals surface area contributed by atoms with Gasteiger partial charge in [-0.05, 0) is 32.4 Å². The molecule has 0 saturated carbocycles. The van der Waals surface area contributed by atoms with Crippen molar-refractivity contribution in [2.75, 3.05) is 11.1 Å². The standard InChI is InChI=1S/C16H19N7OS/c1-9-6-4-5-7-12(9)19-16-21-13(20-15(17)22-16)8-25-10(2)14-18-11(3)23-24-14/h4-7,10H,8H2,1-3H3,(H3,17,19,20,21,22)/t10-/m1/s1. The van der Waals surface area contributed by atoms with E-state index in [1.807, 2.05) is 38.1 Å². The average Bonchev–Trinajstić information content (AvgIpc) is 3.01. The van der Waals surface area contributed by atoms with E-state index in [0.717, 1.165) is 11.3 Å². The molecular weight excluding hydrogens is 338 g/mol. The lowest BCUT2D eigenvalue weighted by Crippen LogP contribution is -2.07. The van der Waals surface area contributed by atoms with Gasteiger partial charge in [0.25, 0.3) is 0 Å². The number of nitrogens with one attached hydrogen (secondary N) is 1. The second-order valence-corrected chi connectivity index (χ2v) is 6.84. The first-order valence-corrected chi connectivity index (χ1v) is 8.81. The van der Waals surface area contributed by atoms with Gasteiger partial charge in [-0.15, -0.1) is 11.8 Å². The molecule has 25 heavy (non-hydrogen) atoms. The minimum absolute atomic E-state index is 0.0342. The number of aryl methyl sites for hydroxylation is 2. The van der Waals surface area contributed by atoms with Gasteiger partial charge in [0.2, 0.25) is 17.8 Å². The molecule has 0 aliphatic rings. The maximum atomic E-state index is 5.82. The monoisotopic (exact) mass is 357 g/mol. The second-order valence-electron chi connectivity index (χ2n) is 5.51. The first-order chi connectivity index (χ1) is 12.0. The lowest BCUT2D eigenvalue weighted by molar-refractivity contribution is 0.376. The highest BCUT2D eigenvalue weighted by Gasteiger charge is 2.15. The van der Waals surface area contributed by atoms with Crippen molar-refractivity contribution in [3.63, 3.8) is 0 Å². The smallest absolute Gasteiger partial charge is 0.239 e. The summed E-state index contributed by atoms with van der Waals surface area (Å²) in [5.74, 6) is 2.97. The van der Waals surface area contributed by atoms with Gasteiger partial charge in [-0.2, -0.15) is 19.9 Å². The molecule has 9 heteroatoms. The van der Waals surface area contributed by atoms with Crippen molar-refractivity contribution in [2.24, 2.45) is 0 Å². The molecule has 130 valence electrons. The quantitative estimate of drug-likeness (QED) is 0.686. The van der Waals surface area contributed by atoms with Gasteiger partial charge in [-0.25, -0.2) is 0 Å². The van der Waals surface area contributed by atoms with E-state index < -0.39 is 0 Å². The molecule has 0 bridgehead atoms. The van der Waals surface area contributed by atoms with E-state index >= 15 is 0 Å². The van der Waals surface area contributed by atoms with Gasteiger partial charge in [0, 0.05) is 5.69 Å². The van der Waals surface area contributed by atoms with Crippen LogP contribution < -0.4 is 11.1 Å². The Hall–Kier alpha value is -2.68. The van der Waals surface area contributed by atoms with Gasteiger partial charge in [0.15, 0.2) is 5.82 Å². The molecule has 0 aliphatic heterocycles. The molecule has 1 atom stereocenters. The Labute approximate surface area is 149 Å². The summed E-state index contributed by atoms with van der Waals surface area (Å²) in [6, 6.07) is 7.90. The van der Waals surface area contributed by atoms with E-state index in [2.05, 4.69) is 30.4 Å². The fourth-order valence-corrected chi connectivity index (χ4v) is 2.91. The zero-order valence-corrected chi connectivity index (χ0v) is 15.0. The van der Waals surface area contributed by atoms with E-state index in [9.17, 15) is 0 Å². The van der Waals surface area contributed by atoms with Crippen LogP contribution in [0.15, 0.2) is 28.8 Å².